The number of thiazole rings is 1. The van der Waals surface area contributed by atoms with Crippen LogP contribution in [0.5, 0.6) is 0 Å². The SMILES string of the molecule is Cc1nc(C(=O)NCCO[NH+](O)O)cs1. The van der Waals surface area contributed by atoms with Gasteiger partial charge in [0.15, 0.2) is 0 Å². The number of quaternary nitrogens is 1. The van der Waals surface area contributed by atoms with Crippen LogP contribution in [0.3, 0.4) is 0 Å². The monoisotopic (exact) mass is 234 g/mol. The number of amides is 1. The molecule has 0 bridgehead atoms. The third kappa shape index (κ3) is 4.32. The molecule has 0 aliphatic carbocycles. The van der Waals surface area contributed by atoms with Gasteiger partial charge in [-0.05, 0) is 6.92 Å². The molecule has 8 heteroatoms. The fraction of sp³-hybridized carbons (Fsp3) is 0.429. The zero-order chi connectivity index (χ0) is 11.3. The molecule has 15 heavy (non-hydrogen) atoms. The van der Waals surface area contributed by atoms with Gasteiger partial charge in [-0.3, -0.25) is 4.79 Å². The first-order chi connectivity index (χ1) is 7.09. The summed E-state index contributed by atoms with van der Waals surface area (Å²) in [7, 11) is 0. The van der Waals surface area contributed by atoms with E-state index in [0.29, 0.717) is 5.69 Å². The highest BCUT2D eigenvalue weighted by Gasteiger charge is 2.08. The number of hydrogen-bond donors (Lipinski definition) is 4. The molecule has 0 aliphatic rings. The second kappa shape index (κ2) is 5.73. The first kappa shape index (κ1) is 12.0. The van der Waals surface area contributed by atoms with Crippen molar-refractivity contribution in [1.29, 1.82) is 0 Å². The second-order valence-electron chi connectivity index (χ2n) is 2.64. The lowest BCUT2D eigenvalue weighted by Crippen LogP contribution is -3.06. The molecular formula is C7H12N3O4S+. The maximum Gasteiger partial charge on any atom is 0.270 e. The van der Waals surface area contributed by atoms with Gasteiger partial charge < -0.3 is 5.32 Å². The van der Waals surface area contributed by atoms with Crippen molar-refractivity contribution in [2.45, 2.75) is 6.92 Å². The van der Waals surface area contributed by atoms with E-state index in [4.69, 9.17) is 10.4 Å². The van der Waals surface area contributed by atoms with Gasteiger partial charge in [-0.1, -0.05) is 0 Å². The highest BCUT2D eigenvalue weighted by Crippen LogP contribution is 2.07. The number of carbonyl (C=O) groups is 1. The topological polar surface area (TPSA) is 96.1 Å². The third-order valence-corrected chi connectivity index (χ3v) is 2.24. The van der Waals surface area contributed by atoms with Crippen LogP contribution in [0.1, 0.15) is 15.5 Å². The van der Waals surface area contributed by atoms with Gasteiger partial charge in [0.2, 0.25) is 0 Å². The van der Waals surface area contributed by atoms with Crippen molar-refractivity contribution in [3.8, 4) is 0 Å². The zero-order valence-electron chi connectivity index (χ0n) is 8.06. The van der Waals surface area contributed by atoms with E-state index >= 15 is 0 Å². The van der Waals surface area contributed by atoms with E-state index in [2.05, 4.69) is 15.1 Å². The first-order valence-electron chi connectivity index (χ1n) is 4.17. The summed E-state index contributed by atoms with van der Waals surface area (Å²) in [5.41, 5.74) is 0.356. The number of nitrogens with one attached hydrogen (secondary N) is 2. The second-order valence-corrected chi connectivity index (χ2v) is 3.70. The molecule has 0 saturated heterocycles. The summed E-state index contributed by atoms with van der Waals surface area (Å²) in [4.78, 5) is 19.7. The highest BCUT2D eigenvalue weighted by atomic mass is 32.1. The molecule has 0 fully saturated rings. The van der Waals surface area contributed by atoms with Crippen LogP contribution in [-0.2, 0) is 4.84 Å². The van der Waals surface area contributed by atoms with E-state index in [1.165, 1.54) is 11.3 Å². The van der Waals surface area contributed by atoms with Gasteiger partial charge in [0.25, 0.3) is 5.91 Å². The molecule has 1 aromatic rings. The number of aryl methyl sites for hydroxylation is 1. The number of rotatable bonds is 5. The van der Waals surface area contributed by atoms with Crippen LogP contribution in [0.2, 0.25) is 0 Å². The van der Waals surface area contributed by atoms with E-state index in [-0.39, 0.29) is 19.1 Å². The van der Waals surface area contributed by atoms with Crippen molar-refractivity contribution >= 4 is 17.2 Å². The summed E-state index contributed by atoms with van der Waals surface area (Å²) in [6, 6.07) is 0. The number of hydrogen-bond acceptors (Lipinski definition) is 6. The molecule has 1 amide bonds. The van der Waals surface area contributed by atoms with Crippen LogP contribution in [-0.4, -0.2) is 34.5 Å². The van der Waals surface area contributed by atoms with E-state index in [9.17, 15) is 4.79 Å². The summed E-state index contributed by atoms with van der Waals surface area (Å²) >= 11 is 1.39. The van der Waals surface area contributed by atoms with Gasteiger partial charge >= 0.3 is 0 Å². The molecule has 1 rings (SSSR count). The Morgan fingerprint density at radius 1 is 1.73 bits per heavy atom. The van der Waals surface area contributed by atoms with Crippen LogP contribution in [0.4, 0.5) is 0 Å². The normalized spacial score (nSPS) is 10.7. The molecule has 0 spiro atoms. The maximum atomic E-state index is 11.3. The number of aromatic nitrogens is 1. The van der Waals surface area contributed by atoms with Crippen LogP contribution >= 0.6 is 11.3 Å². The van der Waals surface area contributed by atoms with Crippen molar-refractivity contribution < 1.29 is 25.4 Å². The van der Waals surface area contributed by atoms with Crippen molar-refractivity contribution in [3.05, 3.63) is 16.1 Å². The Hall–Kier alpha value is -1.06. The summed E-state index contributed by atoms with van der Waals surface area (Å²) in [5, 5.41) is 20.4. The Morgan fingerprint density at radius 3 is 3.00 bits per heavy atom. The van der Waals surface area contributed by atoms with Crippen molar-refractivity contribution in [3.63, 3.8) is 0 Å². The van der Waals surface area contributed by atoms with Crippen molar-refractivity contribution in [1.82, 2.24) is 10.3 Å². The molecule has 1 heterocycles. The molecule has 4 N–H and O–H groups in total. The fourth-order valence-electron chi connectivity index (χ4n) is 0.865. The molecule has 0 unspecified atom stereocenters. The molecule has 7 nitrogen and oxygen atoms in total. The highest BCUT2D eigenvalue weighted by molar-refractivity contribution is 7.09. The Labute approximate surface area is 89.8 Å². The molecule has 0 atom stereocenters. The molecule has 84 valence electrons. The lowest BCUT2D eigenvalue weighted by atomic mass is 10.4. The van der Waals surface area contributed by atoms with Gasteiger partial charge in [0.05, 0.1) is 10.4 Å². The van der Waals surface area contributed by atoms with Gasteiger partial charge in [-0.15, -0.1) is 26.6 Å². The smallest absolute Gasteiger partial charge is 0.270 e. The largest absolute Gasteiger partial charge is 0.348 e. The Bertz CT molecular complexity index is 328. The van der Waals surface area contributed by atoms with E-state index in [1.807, 2.05) is 6.92 Å². The first-order valence-corrected chi connectivity index (χ1v) is 5.05. The molecule has 1 aromatic heterocycles. The lowest BCUT2D eigenvalue weighted by Gasteiger charge is -2.02. The molecular weight excluding hydrogens is 222 g/mol. The minimum atomic E-state index is -1.10. The predicted molar refractivity (Wildman–Crippen MR) is 49.7 cm³/mol. The minimum absolute atomic E-state index is 0.00279. The Balaban J connectivity index is 2.25. The molecule has 0 radical (unpaired) electrons. The Kier molecular flexibility index (Phi) is 4.59. The summed E-state index contributed by atoms with van der Waals surface area (Å²) < 4.78 is 0. The van der Waals surface area contributed by atoms with Crippen LogP contribution in [0, 0.1) is 6.92 Å². The van der Waals surface area contributed by atoms with Gasteiger partial charge in [-0.2, -0.15) is 0 Å². The van der Waals surface area contributed by atoms with E-state index < -0.39 is 5.39 Å². The van der Waals surface area contributed by atoms with Crippen LogP contribution < -0.4 is 10.7 Å². The average molecular weight is 234 g/mol. The lowest BCUT2D eigenvalue weighted by molar-refractivity contribution is -1.37. The molecule has 0 aliphatic heterocycles. The van der Waals surface area contributed by atoms with E-state index in [1.54, 1.807) is 5.38 Å². The van der Waals surface area contributed by atoms with E-state index in [0.717, 1.165) is 5.01 Å². The third-order valence-electron chi connectivity index (χ3n) is 1.47. The maximum absolute atomic E-state index is 11.3. The summed E-state index contributed by atoms with van der Waals surface area (Å²) in [6.45, 7) is 1.99. The van der Waals surface area contributed by atoms with Crippen molar-refractivity contribution in [2.75, 3.05) is 13.2 Å². The fourth-order valence-corrected chi connectivity index (χ4v) is 1.46. The average Bonchev–Trinajstić information content (AvgIpc) is 2.59. The van der Waals surface area contributed by atoms with Gasteiger partial charge in [0, 0.05) is 11.9 Å². The van der Waals surface area contributed by atoms with Crippen LogP contribution in [0.25, 0.3) is 0 Å². The zero-order valence-corrected chi connectivity index (χ0v) is 8.87. The molecule has 0 saturated carbocycles. The number of carbonyl (C=O) groups excluding carboxylic acids is 1. The number of nitrogens with zero attached hydrogens (tertiary/aromatic N) is 1. The van der Waals surface area contributed by atoms with Gasteiger partial charge in [-0.25, -0.2) is 4.98 Å². The minimum Gasteiger partial charge on any atom is -0.348 e. The standard InChI is InChI=1S/C7H11N3O4S/c1-5-9-6(4-15-5)7(11)8-2-3-14-10(12)13/h4,10,12-13H,2-3H2,1H3/p+1. The predicted octanol–water partition coefficient (Wildman–Crippen LogP) is -1.22. The molecule has 0 aromatic carbocycles. The quantitative estimate of drug-likeness (QED) is 0.378. The summed E-state index contributed by atoms with van der Waals surface area (Å²) in [6.07, 6.45) is 0. The van der Waals surface area contributed by atoms with Crippen LogP contribution in [0.15, 0.2) is 5.38 Å². The van der Waals surface area contributed by atoms with Crippen molar-refractivity contribution in [2.24, 2.45) is 0 Å². The summed E-state index contributed by atoms with van der Waals surface area (Å²) in [5.74, 6) is -0.305. The Morgan fingerprint density at radius 2 is 2.47 bits per heavy atom. The van der Waals surface area contributed by atoms with Gasteiger partial charge in [0.1, 0.15) is 12.3 Å².